The van der Waals surface area contributed by atoms with E-state index in [0.717, 1.165) is 30.4 Å². The van der Waals surface area contributed by atoms with Gasteiger partial charge in [-0.05, 0) is 40.5 Å². The fourth-order valence-electron chi connectivity index (χ4n) is 2.92. The molecule has 0 saturated carbocycles. The third kappa shape index (κ3) is 3.66. The fraction of sp³-hybridized carbons (Fsp3) is 0.733. The van der Waals surface area contributed by atoms with E-state index in [2.05, 4.69) is 41.0 Å². The topological polar surface area (TPSA) is 41.1 Å². The molecule has 1 fully saturated rings. The molecule has 1 aliphatic heterocycles. The highest BCUT2D eigenvalue weighted by atomic mass is 15.2. The summed E-state index contributed by atoms with van der Waals surface area (Å²) in [6.45, 7) is 10.5. The number of hydrogen-bond donors (Lipinski definition) is 1. The van der Waals surface area contributed by atoms with Crippen LogP contribution in [0.1, 0.15) is 51.6 Å². The predicted octanol–water partition coefficient (Wildman–Crippen LogP) is 2.98. The molecule has 1 saturated heterocycles. The first-order valence-corrected chi connectivity index (χ1v) is 7.44. The number of likely N-dealkylation sites (tertiary alicyclic amines) is 1. The first kappa shape index (κ1) is 14.3. The molecule has 1 aromatic heterocycles. The second-order valence-electron chi connectivity index (χ2n) is 5.64. The van der Waals surface area contributed by atoms with Crippen molar-refractivity contribution in [1.82, 2.24) is 14.9 Å². The normalized spacial score (nSPS) is 24.4. The summed E-state index contributed by atoms with van der Waals surface area (Å²) in [5.41, 5.74) is 1.04. The summed E-state index contributed by atoms with van der Waals surface area (Å²) >= 11 is 0. The molecule has 19 heavy (non-hydrogen) atoms. The molecule has 0 spiro atoms. The molecular formula is C15H26N4. The molecule has 2 rings (SSSR count). The molecule has 4 nitrogen and oxygen atoms in total. The summed E-state index contributed by atoms with van der Waals surface area (Å²) in [6.07, 6.45) is 3.92. The van der Waals surface area contributed by atoms with E-state index in [0.29, 0.717) is 12.1 Å². The third-order valence-electron chi connectivity index (χ3n) is 3.96. The molecule has 0 aromatic carbocycles. The number of piperidine rings is 1. The minimum absolute atomic E-state index is 0.635. The summed E-state index contributed by atoms with van der Waals surface area (Å²) in [4.78, 5) is 11.7. The number of hydrogen-bond acceptors (Lipinski definition) is 4. The number of nitrogens with one attached hydrogen (secondary N) is 1. The molecule has 1 aliphatic rings. The van der Waals surface area contributed by atoms with Crippen LogP contribution in [0.3, 0.4) is 0 Å². The first-order valence-electron chi connectivity index (χ1n) is 7.44. The molecule has 0 bridgehead atoms. The van der Waals surface area contributed by atoms with Crippen LogP contribution in [0.25, 0.3) is 0 Å². The van der Waals surface area contributed by atoms with Crippen LogP contribution in [-0.4, -0.2) is 33.5 Å². The molecule has 1 N–H and O–H groups in total. The minimum atomic E-state index is 0.635. The molecule has 2 heterocycles. The largest absolute Gasteiger partial charge is 0.370 e. The van der Waals surface area contributed by atoms with E-state index >= 15 is 0 Å². The zero-order valence-electron chi connectivity index (χ0n) is 12.6. The van der Waals surface area contributed by atoms with Gasteiger partial charge in [-0.3, -0.25) is 4.90 Å². The maximum absolute atomic E-state index is 4.62. The molecule has 0 radical (unpaired) electrons. The van der Waals surface area contributed by atoms with Gasteiger partial charge >= 0.3 is 0 Å². The van der Waals surface area contributed by atoms with Crippen LogP contribution in [-0.2, 0) is 6.54 Å². The third-order valence-corrected chi connectivity index (χ3v) is 3.96. The lowest BCUT2D eigenvalue weighted by molar-refractivity contribution is 0.0922. The van der Waals surface area contributed by atoms with E-state index in [1.807, 2.05) is 13.0 Å². The standard InChI is InChI=1S/C15H26N4/c1-5-16-14-9-11(2)17-15(18-14)10-19-12(3)7-6-8-13(19)4/h9,12-13H,5-8,10H2,1-4H3,(H,16,17,18)/t12-,13+. The van der Waals surface area contributed by atoms with Gasteiger partial charge in [-0.2, -0.15) is 0 Å². The lowest BCUT2D eigenvalue weighted by atomic mass is 9.97. The summed E-state index contributed by atoms with van der Waals surface area (Å²) < 4.78 is 0. The van der Waals surface area contributed by atoms with Crippen LogP contribution in [0.5, 0.6) is 0 Å². The highest BCUT2D eigenvalue weighted by molar-refractivity contribution is 5.35. The van der Waals surface area contributed by atoms with Gasteiger partial charge < -0.3 is 5.32 Å². The average Bonchev–Trinajstić information content (AvgIpc) is 2.34. The molecular weight excluding hydrogens is 236 g/mol. The SMILES string of the molecule is CCNc1cc(C)nc(CN2[C@H](C)CCC[C@@H]2C)n1. The number of aryl methyl sites for hydroxylation is 1. The predicted molar refractivity (Wildman–Crippen MR) is 79.3 cm³/mol. The van der Waals surface area contributed by atoms with Gasteiger partial charge in [0.2, 0.25) is 0 Å². The van der Waals surface area contributed by atoms with Crippen LogP contribution >= 0.6 is 0 Å². The molecule has 4 heteroatoms. The Labute approximate surface area is 116 Å². The highest BCUT2D eigenvalue weighted by Gasteiger charge is 2.25. The molecule has 0 unspecified atom stereocenters. The van der Waals surface area contributed by atoms with Crippen molar-refractivity contribution >= 4 is 5.82 Å². The summed E-state index contributed by atoms with van der Waals surface area (Å²) in [5.74, 6) is 1.89. The Hall–Kier alpha value is -1.16. The van der Waals surface area contributed by atoms with Gasteiger partial charge in [-0.1, -0.05) is 6.42 Å². The lowest BCUT2D eigenvalue weighted by Crippen LogP contribution is -2.43. The Morgan fingerprint density at radius 3 is 2.58 bits per heavy atom. The van der Waals surface area contributed by atoms with Crippen molar-refractivity contribution in [3.05, 3.63) is 17.6 Å². The first-order chi connectivity index (χ1) is 9.10. The van der Waals surface area contributed by atoms with Crippen molar-refractivity contribution in [1.29, 1.82) is 0 Å². The van der Waals surface area contributed by atoms with Crippen LogP contribution in [0, 0.1) is 6.92 Å². The molecule has 2 atom stereocenters. The summed E-state index contributed by atoms with van der Waals surface area (Å²) in [6, 6.07) is 3.28. The van der Waals surface area contributed by atoms with Gasteiger partial charge in [-0.25, -0.2) is 9.97 Å². The Balaban J connectivity index is 2.13. The molecule has 1 aromatic rings. The van der Waals surface area contributed by atoms with Crippen molar-refractivity contribution in [3.8, 4) is 0 Å². The van der Waals surface area contributed by atoms with E-state index in [9.17, 15) is 0 Å². The van der Waals surface area contributed by atoms with Gasteiger partial charge in [0.15, 0.2) is 0 Å². The van der Waals surface area contributed by atoms with Crippen LogP contribution < -0.4 is 5.32 Å². The van der Waals surface area contributed by atoms with Crippen molar-refractivity contribution in [2.24, 2.45) is 0 Å². The van der Waals surface area contributed by atoms with Crippen molar-refractivity contribution in [3.63, 3.8) is 0 Å². The zero-order chi connectivity index (χ0) is 13.8. The van der Waals surface area contributed by atoms with Crippen LogP contribution in [0.2, 0.25) is 0 Å². The fourth-order valence-corrected chi connectivity index (χ4v) is 2.92. The van der Waals surface area contributed by atoms with E-state index in [-0.39, 0.29) is 0 Å². The number of aromatic nitrogens is 2. The number of rotatable bonds is 4. The van der Waals surface area contributed by atoms with Gasteiger partial charge in [0.05, 0.1) is 6.54 Å². The lowest BCUT2D eigenvalue weighted by Gasteiger charge is -2.38. The summed E-state index contributed by atoms with van der Waals surface area (Å²) in [5, 5.41) is 3.28. The van der Waals surface area contributed by atoms with E-state index < -0.39 is 0 Å². The highest BCUT2D eigenvalue weighted by Crippen LogP contribution is 2.24. The second-order valence-corrected chi connectivity index (χ2v) is 5.64. The van der Waals surface area contributed by atoms with Crippen molar-refractivity contribution in [2.45, 2.75) is 65.6 Å². The maximum Gasteiger partial charge on any atom is 0.144 e. The maximum atomic E-state index is 4.62. The number of anilines is 1. The van der Waals surface area contributed by atoms with E-state index in [1.54, 1.807) is 0 Å². The monoisotopic (exact) mass is 262 g/mol. The number of nitrogens with zero attached hydrogens (tertiary/aromatic N) is 3. The smallest absolute Gasteiger partial charge is 0.144 e. The average molecular weight is 262 g/mol. The van der Waals surface area contributed by atoms with E-state index in [4.69, 9.17) is 0 Å². The van der Waals surface area contributed by atoms with Gasteiger partial charge in [0.1, 0.15) is 11.6 Å². The quantitative estimate of drug-likeness (QED) is 0.905. The van der Waals surface area contributed by atoms with Crippen LogP contribution in [0.4, 0.5) is 5.82 Å². The zero-order valence-corrected chi connectivity index (χ0v) is 12.6. The van der Waals surface area contributed by atoms with Gasteiger partial charge in [0.25, 0.3) is 0 Å². The van der Waals surface area contributed by atoms with Gasteiger partial charge in [-0.15, -0.1) is 0 Å². The Morgan fingerprint density at radius 1 is 1.26 bits per heavy atom. The van der Waals surface area contributed by atoms with E-state index in [1.165, 1.54) is 19.3 Å². The molecule has 0 aliphatic carbocycles. The van der Waals surface area contributed by atoms with Crippen molar-refractivity contribution < 1.29 is 0 Å². The molecule has 106 valence electrons. The summed E-state index contributed by atoms with van der Waals surface area (Å²) in [7, 11) is 0. The van der Waals surface area contributed by atoms with Gasteiger partial charge in [0, 0.05) is 30.4 Å². The molecule has 0 amide bonds. The Kier molecular flexibility index (Phi) is 4.75. The second kappa shape index (κ2) is 6.33. The minimum Gasteiger partial charge on any atom is -0.370 e. The Bertz CT molecular complexity index is 409. The van der Waals surface area contributed by atoms with Crippen LogP contribution in [0.15, 0.2) is 6.07 Å². The Morgan fingerprint density at radius 2 is 1.95 bits per heavy atom. The van der Waals surface area contributed by atoms with Crippen molar-refractivity contribution in [2.75, 3.05) is 11.9 Å².